The zero-order valence-electron chi connectivity index (χ0n) is 16.7. The third kappa shape index (κ3) is 2.55. The van der Waals surface area contributed by atoms with Gasteiger partial charge >= 0.3 is 6.01 Å². The Bertz CT molecular complexity index is 1080. The first-order valence-corrected chi connectivity index (χ1v) is 9.77. The van der Waals surface area contributed by atoms with Crippen LogP contribution >= 0.6 is 0 Å². The molecule has 152 valence electrons. The highest BCUT2D eigenvalue weighted by molar-refractivity contribution is 5.94. The number of carbonyl (C=O) groups is 1. The minimum Gasteiger partial charge on any atom is -0.481 e. The highest BCUT2D eigenvalue weighted by Gasteiger charge is 2.65. The van der Waals surface area contributed by atoms with Crippen molar-refractivity contribution >= 4 is 5.91 Å². The van der Waals surface area contributed by atoms with E-state index in [9.17, 15) is 4.79 Å². The van der Waals surface area contributed by atoms with Gasteiger partial charge in [0.2, 0.25) is 17.9 Å². The Morgan fingerprint density at radius 3 is 2.33 bits per heavy atom. The summed E-state index contributed by atoms with van der Waals surface area (Å²) in [5, 5.41) is 0. The van der Waals surface area contributed by atoms with Crippen LogP contribution in [0.1, 0.15) is 16.7 Å². The maximum absolute atomic E-state index is 13.2. The molecule has 7 nitrogen and oxygen atoms in total. The Kier molecular flexibility index (Phi) is 4.31. The third-order valence-electron chi connectivity index (χ3n) is 5.84. The zero-order chi connectivity index (χ0) is 20.7. The number of carbonyl (C=O) groups excluding carboxylic acids is 1. The van der Waals surface area contributed by atoms with Gasteiger partial charge in [0.1, 0.15) is 5.54 Å². The van der Waals surface area contributed by atoms with E-state index in [2.05, 4.69) is 22.1 Å². The van der Waals surface area contributed by atoms with Gasteiger partial charge in [-0.15, -0.1) is 0 Å². The first kappa shape index (κ1) is 18.4. The first-order chi connectivity index (χ1) is 14.7. The van der Waals surface area contributed by atoms with Crippen molar-refractivity contribution in [3.05, 3.63) is 77.4 Å². The molecule has 1 fully saturated rings. The highest BCUT2D eigenvalue weighted by Crippen LogP contribution is 2.51. The molecular formula is C23H21N3O4. The molecular weight excluding hydrogens is 382 g/mol. The number of aromatic nitrogens is 2. The summed E-state index contributed by atoms with van der Waals surface area (Å²) in [6.45, 7) is 0.632. The summed E-state index contributed by atoms with van der Waals surface area (Å²) < 4.78 is 16.6. The minimum atomic E-state index is -0.793. The van der Waals surface area contributed by atoms with Gasteiger partial charge in [-0.1, -0.05) is 54.6 Å². The van der Waals surface area contributed by atoms with E-state index in [4.69, 9.17) is 14.2 Å². The van der Waals surface area contributed by atoms with E-state index in [-0.39, 0.29) is 11.9 Å². The molecule has 0 bridgehead atoms. The van der Waals surface area contributed by atoms with Crippen molar-refractivity contribution in [1.82, 2.24) is 14.9 Å². The average molecular weight is 403 g/mol. The van der Waals surface area contributed by atoms with Crippen molar-refractivity contribution < 1.29 is 19.0 Å². The molecule has 0 spiro atoms. The zero-order valence-corrected chi connectivity index (χ0v) is 16.7. The Balaban J connectivity index is 1.65. The topological polar surface area (TPSA) is 73.8 Å². The smallest absolute Gasteiger partial charge is 0.323 e. The van der Waals surface area contributed by atoms with Crippen LogP contribution in [0.3, 0.4) is 0 Å². The van der Waals surface area contributed by atoms with Crippen molar-refractivity contribution in [1.29, 1.82) is 0 Å². The van der Waals surface area contributed by atoms with Crippen LogP contribution in [0.15, 0.2) is 60.7 Å². The van der Waals surface area contributed by atoms with E-state index < -0.39 is 11.6 Å². The lowest BCUT2D eigenvalue weighted by Crippen LogP contribution is -2.76. The molecule has 2 unspecified atom stereocenters. The van der Waals surface area contributed by atoms with E-state index in [1.54, 1.807) is 6.07 Å². The summed E-state index contributed by atoms with van der Waals surface area (Å²) in [6.07, 6.45) is 0.0188. The summed E-state index contributed by atoms with van der Waals surface area (Å²) in [6, 6.07) is 19.8. The lowest BCUT2D eigenvalue weighted by molar-refractivity contribution is -0.179. The standard InChI is InChI=1S/C23H21N3O4/c1-28-18-14-19(29-2)25-22(24-18)30-20-21(27)26-13-12-15-8-6-7-11-17(15)23(20,26)16-9-4-3-5-10-16/h3-11,14,20H,12-13H2,1-2H3. The Morgan fingerprint density at radius 1 is 0.967 bits per heavy atom. The number of hydrogen-bond acceptors (Lipinski definition) is 6. The van der Waals surface area contributed by atoms with Crippen LogP contribution in [0, 0.1) is 0 Å². The van der Waals surface area contributed by atoms with Gasteiger partial charge in [-0.05, 0) is 23.1 Å². The van der Waals surface area contributed by atoms with Crippen LogP contribution in [0.4, 0.5) is 0 Å². The number of ether oxygens (including phenoxy) is 3. The van der Waals surface area contributed by atoms with Crippen molar-refractivity contribution in [2.75, 3.05) is 20.8 Å². The minimum absolute atomic E-state index is 0.0440. The average Bonchev–Trinajstić information content (AvgIpc) is 2.81. The number of hydrogen-bond donors (Lipinski definition) is 0. The Hall–Kier alpha value is -3.61. The van der Waals surface area contributed by atoms with Gasteiger partial charge in [0.25, 0.3) is 5.91 Å². The summed E-state index contributed by atoms with van der Waals surface area (Å²) in [5.74, 6) is 0.523. The molecule has 5 rings (SSSR count). The van der Waals surface area contributed by atoms with Crippen molar-refractivity contribution in [2.45, 2.75) is 18.1 Å². The number of β-lactam (4-membered cyclic amide) rings is 1. The SMILES string of the molecule is COc1cc(OC)nc(OC2C(=O)N3CCc4ccccc4C23c2ccccc2)n1. The van der Waals surface area contributed by atoms with Crippen LogP contribution in [-0.4, -0.2) is 47.6 Å². The van der Waals surface area contributed by atoms with Gasteiger partial charge in [-0.3, -0.25) is 4.79 Å². The van der Waals surface area contributed by atoms with Crippen LogP contribution in [0.5, 0.6) is 17.8 Å². The van der Waals surface area contributed by atoms with Gasteiger partial charge in [-0.2, -0.15) is 9.97 Å². The molecule has 1 amide bonds. The van der Waals surface area contributed by atoms with Crippen LogP contribution in [0.2, 0.25) is 0 Å². The Labute approximate surface area is 174 Å². The van der Waals surface area contributed by atoms with Crippen LogP contribution in [0.25, 0.3) is 0 Å². The lowest BCUT2D eigenvalue weighted by Gasteiger charge is -2.59. The van der Waals surface area contributed by atoms with Gasteiger partial charge < -0.3 is 19.1 Å². The quantitative estimate of drug-likeness (QED) is 0.610. The molecule has 2 aromatic carbocycles. The molecule has 2 aliphatic heterocycles. The second kappa shape index (κ2) is 7.02. The molecule has 0 aliphatic carbocycles. The third-order valence-corrected chi connectivity index (χ3v) is 5.84. The number of amides is 1. The maximum Gasteiger partial charge on any atom is 0.323 e. The lowest BCUT2D eigenvalue weighted by atomic mass is 9.66. The predicted molar refractivity (Wildman–Crippen MR) is 109 cm³/mol. The molecule has 7 heteroatoms. The molecule has 1 aromatic heterocycles. The number of rotatable bonds is 5. The van der Waals surface area contributed by atoms with Crippen LogP contribution < -0.4 is 14.2 Å². The maximum atomic E-state index is 13.2. The van der Waals surface area contributed by atoms with Gasteiger partial charge in [0, 0.05) is 6.54 Å². The summed E-state index contributed by atoms with van der Waals surface area (Å²) in [4.78, 5) is 23.6. The normalized spacial score (nSPS) is 21.9. The summed E-state index contributed by atoms with van der Waals surface area (Å²) >= 11 is 0. The molecule has 3 heterocycles. The van der Waals surface area contributed by atoms with Crippen molar-refractivity contribution in [2.24, 2.45) is 0 Å². The van der Waals surface area contributed by atoms with Gasteiger partial charge in [0.05, 0.1) is 20.3 Å². The molecule has 3 aromatic rings. The fraction of sp³-hybridized carbons (Fsp3) is 0.261. The molecule has 2 aliphatic rings. The first-order valence-electron chi connectivity index (χ1n) is 9.77. The summed E-state index contributed by atoms with van der Waals surface area (Å²) in [7, 11) is 3.01. The fourth-order valence-corrected chi connectivity index (χ4v) is 4.53. The van der Waals surface area contributed by atoms with E-state index in [0.29, 0.717) is 18.3 Å². The van der Waals surface area contributed by atoms with E-state index in [0.717, 1.165) is 17.5 Å². The number of methoxy groups -OCH3 is 2. The molecule has 1 saturated heterocycles. The van der Waals surface area contributed by atoms with Crippen molar-refractivity contribution in [3.8, 4) is 17.8 Å². The van der Waals surface area contributed by atoms with Crippen molar-refractivity contribution in [3.63, 3.8) is 0 Å². The second-order valence-corrected chi connectivity index (χ2v) is 7.26. The second-order valence-electron chi connectivity index (χ2n) is 7.26. The molecule has 0 saturated carbocycles. The largest absolute Gasteiger partial charge is 0.481 e. The molecule has 30 heavy (non-hydrogen) atoms. The Morgan fingerprint density at radius 2 is 1.63 bits per heavy atom. The van der Waals surface area contributed by atoms with Gasteiger partial charge in [0.15, 0.2) is 0 Å². The number of nitrogens with zero attached hydrogens (tertiary/aromatic N) is 3. The molecule has 0 radical (unpaired) electrons. The van der Waals surface area contributed by atoms with Gasteiger partial charge in [-0.25, -0.2) is 0 Å². The number of benzene rings is 2. The molecule has 2 atom stereocenters. The monoisotopic (exact) mass is 403 g/mol. The highest BCUT2D eigenvalue weighted by atomic mass is 16.5. The van der Waals surface area contributed by atoms with E-state index >= 15 is 0 Å². The fourth-order valence-electron chi connectivity index (χ4n) is 4.53. The molecule has 0 N–H and O–H groups in total. The van der Waals surface area contributed by atoms with E-state index in [1.807, 2.05) is 47.4 Å². The predicted octanol–water partition coefficient (Wildman–Crippen LogP) is 2.58. The summed E-state index contributed by atoms with van der Waals surface area (Å²) in [5.41, 5.74) is 2.55. The number of fused-ring (bicyclic) bond motifs is 3. The van der Waals surface area contributed by atoms with Crippen LogP contribution in [-0.2, 0) is 16.8 Å². The van der Waals surface area contributed by atoms with E-state index in [1.165, 1.54) is 19.8 Å².